The Bertz CT molecular complexity index is 4190. The van der Waals surface area contributed by atoms with Gasteiger partial charge in [0, 0.05) is 39.0 Å². The molecule has 3 heteroatoms. The molecular weight excluding hydrogens is 991 g/mol. The lowest BCUT2D eigenvalue weighted by atomic mass is 9.67. The molecule has 0 bridgehead atoms. The second-order valence-electron chi connectivity index (χ2n) is 21.4. The molecule has 0 atom stereocenters. The minimum atomic E-state index is -0.658. The molecule has 12 aromatic carbocycles. The van der Waals surface area contributed by atoms with Crippen LogP contribution in [0, 0.1) is 5.41 Å². The van der Waals surface area contributed by atoms with E-state index in [9.17, 15) is 5.41 Å². The molecule has 12 aromatic rings. The van der Waals surface area contributed by atoms with Crippen molar-refractivity contribution in [1.29, 1.82) is 5.41 Å². The van der Waals surface area contributed by atoms with E-state index in [4.69, 9.17) is 0 Å². The smallest absolute Gasteiger partial charge is 0.0783 e. The largest absolute Gasteiger partial charge is 0.352 e. The number of nitrogens with zero attached hydrogens (tertiary/aromatic N) is 1. The third-order valence-corrected chi connectivity index (χ3v) is 17.3. The fourth-order valence-electron chi connectivity index (χ4n) is 14.0. The zero-order valence-corrected chi connectivity index (χ0v) is 45.0. The summed E-state index contributed by atoms with van der Waals surface area (Å²) >= 11 is 0. The lowest BCUT2D eigenvalue weighted by molar-refractivity contribution is 0.768. The van der Waals surface area contributed by atoms with Gasteiger partial charge in [-0.1, -0.05) is 309 Å². The van der Waals surface area contributed by atoms with E-state index < -0.39 is 10.8 Å². The molecule has 1 heterocycles. The van der Waals surface area contributed by atoms with Crippen LogP contribution < -0.4 is 10.2 Å². The SMILES string of the molecule is N=C(/C(=C1\NC(c2ccccc2)=C(N(c2cccc3c2-c2ccccc2C3(c2ccccc2)c2ccccc2)c2cccc3c2-c2ccccc2C3(c2ccccc2)c2ccccc2)c2ccccc21)c1ccccc1)c1ccccc1. The molecular formula is C79H55N3. The highest BCUT2D eigenvalue weighted by molar-refractivity contribution is 6.36. The van der Waals surface area contributed by atoms with Crippen LogP contribution in [-0.2, 0) is 10.8 Å². The van der Waals surface area contributed by atoms with Crippen LogP contribution in [0.3, 0.4) is 0 Å². The summed E-state index contributed by atoms with van der Waals surface area (Å²) < 4.78 is 0. The molecule has 0 saturated carbocycles. The van der Waals surface area contributed by atoms with E-state index in [1.54, 1.807) is 0 Å². The Morgan fingerprint density at radius 2 is 0.646 bits per heavy atom. The van der Waals surface area contributed by atoms with Gasteiger partial charge in [-0.3, -0.25) is 5.41 Å². The Kier molecular flexibility index (Phi) is 11.8. The van der Waals surface area contributed by atoms with Gasteiger partial charge in [0.1, 0.15) is 0 Å². The molecule has 3 nitrogen and oxygen atoms in total. The standard InChI is InChI=1S/C79H55N3/c80-74(55-32-10-2-11-33-55)71(54-30-8-1-9-31-54)76-61-44-22-23-45-62(61)77(75(81-76)56-34-12-3-13-35-56)82(69-52-28-50-67-72(69)63-46-24-26-48-65(63)78(67,57-36-14-4-15-37-57)58-38-16-5-17-39-58)70-53-29-51-68-73(70)64-47-25-27-49-66(64)79(68,59-40-18-6-19-41-59)60-42-20-7-21-43-60/h1-53,80-81H/b76-71-,80-74?. The van der Waals surface area contributed by atoms with Gasteiger partial charge >= 0.3 is 0 Å². The van der Waals surface area contributed by atoms with Crippen LogP contribution in [-0.4, -0.2) is 5.71 Å². The van der Waals surface area contributed by atoms with E-state index in [0.717, 1.165) is 61.9 Å². The third-order valence-electron chi connectivity index (χ3n) is 17.3. The van der Waals surface area contributed by atoms with Crippen molar-refractivity contribution >= 4 is 39.8 Å². The Balaban J connectivity index is 1.11. The van der Waals surface area contributed by atoms with E-state index in [-0.39, 0.29) is 0 Å². The lowest BCUT2D eigenvalue weighted by Gasteiger charge is -2.39. The van der Waals surface area contributed by atoms with Crippen molar-refractivity contribution < 1.29 is 0 Å². The van der Waals surface area contributed by atoms with Crippen LogP contribution in [0.2, 0.25) is 0 Å². The predicted molar refractivity (Wildman–Crippen MR) is 339 cm³/mol. The maximum atomic E-state index is 10.2. The number of anilines is 2. The van der Waals surface area contributed by atoms with E-state index in [1.165, 1.54) is 66.8 Å². The minimum Gasteiger partial charge on any atom is -0.352 e. The fraction of sp³-hybridized carbons (Fsp3) is 0.0253. The number of benzene rings is 12. The molecule has 0 spiro atoms. The molecule has 82 heavy (non-hydrogen) atoms. The van der Waals surface area contributed by atoms with Crippen molar-refractivity contribution in [1.82, 2.24) is 5.32 Å². The zero-order valence-electron chi connectivity index (χ0n) is 45.0. The average Bonchev–Trinajstić information content (AvgIpc) is 2.45. The number of rotatable bonds is 11. The van der Waals surface area contributed by atoms with Crippen molar-refractivity contribution in [3.05, 3.63) is 394 Å². The van der Waals surface area contributed by atoms with Gasteiger partial charge in [0.15, 0.2) is 0 Å². The van der Waals surface area contributed by atoms with Gasteiger partial charge in [0.05, 0.1) is 45.0 Å². The first-order valence-corrected chi connectivity index (χ1v) is 28.3. The number of nitrogens with one attached hydrogen (secondary N) is 2. The van der Waals surface area contributed by atoms with Crippen molar-refractivity contribution in [3.63, 3.8) is 0 Å². The molecule has 0 radical (unpaired) electrons. The molecule has 0 aromatic heterocycles. The van der Waals surface area contributed by atoms with Gasteiger partial charge < -0.3 is 10.2 Å². The minimum absolute atomic E-state index is 0.433. The third kappa shape index (κ3) is 7.33. The first-order valence-electron chi connectivity index (χ1n) is 28.3. The monoisotopic (exact) mass is 1050 g/mol. The highest BCUT2D eigenvalue weighted by Crippen LogP contribution is 2.63. The topological polar surface area (TPSA) is 39.1 Å². The summed E-state index contributed by atoms with van der Waals surface area (Å²) in [6, 6.07) is 117. The van der Waals surface area contributed by atoms with Crippen LogP contribution in [0.15, 0.2) is 322 Å². The molecule has 1 aliphatic heterocycles. The molecule has 0 fully saturated rings. The van der Waals surface area contributed by atoms with E-state index in [0.29, 0.717) is 5.71 Å². The van der Waals surface area contributed by atoms with Gasteiger partial charge in [-0.15, -0.1) is 0 Å². The molecule has 386 valence electrons. The van der Waals surface area contributed by atoms with Crippen molar-refractivity contribution in [2.75, 3.05) is 4.90 Å². The van der Waals surface area contributed by atoms with Gasteiger partial charge in [0.25, 0.3) is 0 Å². The lowest BCUT2D eigenvalue weighted by Crippen LogP contribution is -2.30. The summed E-state index contributed by atoms with van der Waals surface area (Å²) in [7, 11) is 0. The molecule has 2 aliphatic carbocycles. The van der Waals surface area contributed by atoms with Crippen molar-refractivity contribution in [2.24, 2.45) is 0 Å². The molecule has 0 unspecified atom stereocenters. The van der Waals surface area contributed by atoms with Crippen molar-refractivity contribution in [3.8, 4) is 22.3 Å². The molecule has 15 rings (SSSR count). The Morgan fingerprint density at radius 3 is 1.09 bits per heavy atom. The van der Waals surface area contributed by atoms with E-state index >= 15 is 0 Å². The van der Waals surface area contributed by atoms with E-state index in [1.807, 2.05) is 36.4 Å². The number of allylic oxidation sites excluding steroid dienone is 1. The highest BCUT2D eigenvalue weighted by atomic mass is 15.2. The van der Waals surface area contributed by atoms with E-state index in [2.05, 4.69) is 295 Å². The fourth-order valence-corrected chi connectivity index (χ4v) is 14.0. The molecule has 2 N–H and O–H groups in total. The number of hydrogen-bond acceptors (Lipinski definition) is 3. The first kappa shape index (κ1) is 48.5. The van der Waals surface area contributed by atoms with Crippen LogP contribution in [0.4, 0.5) is 11.4 Å². The summed E-state index contributed by atoms with van der Waals surface area (Å²) in [5.74, 6) is 0. The average molecular weight is 1050 g/mol. The second-order valence-corrected chi connectivity index (χ2v) is 21.4. The maximum Gasteiger partial charge on any atom is 0.0783 e. The summed E-state index contributed by atoms with van der Waals surface area (Å²) in [4.78, 5) is 2.61. The second kappa shape index (κ2) is 19.9. The van der Waals surface area contributed by atoms with Gasteiger partial charge in [0.2, 0.25) is 0 Å². The number of hydrogen-bond donors (Lipinski definition) is 2. The molecule has 0 saturated heterocycles. The zero-order chi connectivity index (χ0) is 54.6. The Hall–Kier alpha value is -10.6. The van der Waals surface area contributed by atoms with Gasteiger partial charge in [-0.25, -0.2) is 0 Å². The summed E-state index contributed by atoms with van der Waals surface area (Å²) in [5.41, 5.74) is 24.1. The highest BCUT2D eigenvalue weighted by Gasteiger charge is 2.50. The van der Waals surface area contributed by atoms with Crippen LogP contribution >= 0.6 is 0 Å². The van der Waals surface area contributed by atoms with Crippen molar-refractivity contribution in [2.45, 2.75) is 10.8 Å². The molecule has 0 amide bonds. The predicted octanol–water partition coefficient (Wildman–Crippen LogP) is 18.6. The maximum absolute atomic E-state index is 10.2. The van der Waals surface area contributed by atoms with Gasteiger partial charge in [-0.2, -0.15) is 0 Å². The quantitative estimate of drug-likeness (QED) is 0.127. The summed E-state index contributed by atoms with van der Waals surface area (Å²) in [6.45, 7) is 0. The molecule has 3 aliphatic rings. The normalized spacial score (nSPS) is 14.5. The summed E-state index contributed by atoms with van der Waals surface area (Å²) in [6.07, 6.45) is 0. The summed E-state index contributed by atoms with van der Waals surface area (Å²) in [5, 5.41) is 14.4. The van der Waals surface area contributed by atoms with Gasteiger partial charge in [-0.05, 0) is 73.3 Å². The Morgan fingerprint density at radius 1 is 0.305 bits per heavy atom. The number of fused-ring (bicyclic) bond motifs is 7. The van der Waals surface area contributed by atoms with Crippen LogP contribution in [0.25, 0.3) is 44.9 Å². The van der Waals surface area contributed by atoms with Crippen LogP contribution in [0.5, 0.6) is 0 Å². The Labute approximate surface area is 479 Å². The first-order chi connectivity index (χ1) is 40.7. The van der Waals surface area contributed by atoms with Crippen LogP contribution in [0.1, 0.15) is 72.3 Å².